The first-order chi connectivity index (χ1) is 14.4. The lowest BCUT2D eigenvalue weighted by Crippen LogP contribution is -2.44. The topological polar surface area (TPSA) is 69.8 Å². The molecule has 0 bridgehead atoms. The summed E-state index contributed by atoms with van der Waals surface area (Å²) in [5, 5.41) is 14.9. The number of carbonyl (C=O) groups is 1. The number of carbonyl (C=O) groups excluding carboxylic acids is 1. The van der Waals surface area contributed by atoms with E-state index in [9.17, 15) is 9.18 Å². The number of nitrogens with zero attached hydrogens (tertiary/aromatic N) is 1. The number of amides is 1. The van der Waals surface area contributed by atoms with E-state index in [-0.39, 0.29) is 11.7 Å². The second-order valence-corrected chi connectivity index (χ2v) is 7.86. The molecular formula is C24H23FN4O. The Morgan fingerprint density at radius 1 is 1.00 bits per heavy atom. The Morgan fingerprint density at radius 2 is 1.73 bits per heavy atom. The summed E-state index contributed by atoms with van der Waals surface area (Å²) >= 11 is 0. The number of halogens is 1. The third kappa shape index (κ3) is 4.17. The molecule has 5 nitrogen and oxygen atoms in total. The van der Waals surface area contributed by atoms with Crippen molar-refractivity contribution in [1.82, 2.24) is 15.5 Å². The molecule has 3 aromatic carbocycles. The Morgan fingerprint density at radius 3 is 2.47 bits per heavy atom. The molecule has 0 fully saturated rings. The molecule has 0 atom stereocenters. The molecule has 4 aromatic rings. The summed E-state index contributed by atoms with van der Waals surface area (Å²) in [6.07, 6.45) is 0. The Labute approximate surface area is 174 Å². The van der Waals surface area contributed by atoms with Crippen molar-refractivity contribution in [3.05, 3.63) is 84.2 Å². The van der Waals surface area contributed by atoms with E-state index < -0.39 is 5.54 Å². The van der Waals surface area contributed by atoms with Crippen LogP contribution in [0.4, 0.5) is 10.1 Å². The molecular weight excluding hydrogens is 379 g/mol. The predicted octanol–water partition coefficient (Wildman–Crippen LogP) is 4.99. The monoisotopic (exact) mass is 402 g/mol. The molecule has 30 heavy (non-hydrogen) atoms. The maximum absolute atomic E-state index is 13.3. The van der Waals surface area contributed by atoms with Crippen molar-refractivity contribution in [2.24, 2.45) is 0 Å². The first-order valence-corrected chi connectivity index (χ1v) is 9.77. The highest BCUT2D eigenvalue weighted by Gasteiger charge is 2.22. The molecule has 0 aliphatic heterocycles. The molecule has 6 heteroatoms. The molecule has 0 spiro atoms. The summed E-state index contributed by atoms with van der Waals surface area (Å²) in [5.41, 5.74) is 3.55. The third-order valence-corrected chi connectivity index (χ3v) is 4.91. The molecule has 0 radical (unpaired) electrons. The lowest BCUT2D eigenvalue weighted by Gasteiger charge is -2.28. The maximum Gasteiger partial charge on any atom is 0.251 e. The van der Waals surface area contributed by atoms with Crippen molar-refractivity contribution >= 4 is 22.5 Å². The Hall–Kier alpha value is -3.67. The van der Waals surface area contributed by atoms with Gasteiger partial charge < -0.3 is 10.6 Å². The van der Waals surface area contributed by atoms with Crippen LogP contribution in [0.25, 0.3) is 22.2 Å². The Bertz CT molecular complexity index is 1170. The average molecular weight is 402 g/mol. The lowest BCUT2D eigenvalue weighted by molar-refractivity contribution is 0.0947. The fourth-order valence-electron chi connectivity index (χ4n) is 3.40. The standard InChI is InChI=1S/C24H23FN4O/c1-24(2,15-26-23(30)17-7-4-3-5-8-17)27-19-9-6-10-20-21(19)22(29-28-20)16-11-13-18(25)14-12-16/h3-14,27H,15H2,1-2H3,(H,26,30)(H,28,29). The number of hydrogen-bond acceptors (Lipinski definition) is 3. The minimum absolute atomic E-state index is 0.112. The summed E-state index contributed by atoms with van der Waals surface area (Å²) in [4.78, 5) is 12.4. The van der Waals surface area contributed by atoms with Gasteiger partial charge in [-0.05, 0) is 62.4 Å². The van der Waals surface area contributed by atoms with Gasteiger partial charge in [-0.1, -0.05) is 24.3 Å². The van der Waals surface area contributed by atoms with Gasteiger partial charge in [0.2, 0.25) is 0 Å². The number of benzene rings is 3. The van der Waals surface area contributed by atoms with Crippen LogP contribution in [-0.4, -0.2) is 28.2 Å². The van der Waals surface area contributed by atoms with Crippen molar-refractivity contribution in [3.63, 3.8) is 0 Å². The van der Waals surface area contributed by atoms with Crippen molar-refractivity contribution in [2.45, 2.75) is 19.4 Å². The first-order valence-electron chi connectivity index (χ1n) is 9.77. The summed E-state index contributed by atoms with van der Waals surface area (Å²) in [6.45, 7) is 4.48. The van der Waals surface area contributed by atoms with Gasteiger partial charge >= 0.3 is 0 Å². The van der Waals surface area contributed by atoms with Gasteiger partial charge in [0.15, 0.2) is 0 Å². The van der Waals surface area contributed by atoms with Gasteiger partial charge in [-0.2, -0.15) is 5.10 Å². The van der Waals surface area contributed by atoms with Crippen LogP contribution in [0.5, 0.6) is 0 Å². The Balaban J connectivity index is 1.57. The van der Waals surface area contributed by atoms with Gasteiger partial charge in [0.05, 0.1) is 10.9 Å². The fraction of sp³-hybridized carbons (Fsp3) is 0.167. The smallest absolute Gasteiger partial charge is 0.251 e. The van der Waals surface area contributed by atoms with Crippen LogP contribution >= 0.6 is 0 Å². The molecule has 4 rings (SSSR count). The molecule has 3 N–H and O–H groups in total. The van der Waals surface area contributed by atoms with Gasteiger partial charge in [-0.3, -0.25) is 9.89 Å². The minimum Gasteiger partial charge on any atom is -0.378 e. The van der Waals surface area contributed by atoms with E-state index in [2.05, 4.69) is 20.8 Å². The van der Waals surface area contributed by atoms with Crippen LogP contribution in [0.15, 0.2) is 72.8 Å². The van der Waals surface area contributed by atoms with Gasteiger partial charge in [0, 0.05) is 28.9 Å². The van der Waals surface area contributed by atoms with Gasteiger partial charge in [-0.15, -0.1) is 0 Å². The van der Waals surface area contributed by atoms with E-state index >= 15 is 0 Å². The van der Waals surface area contributed by atoms with E-state index in [1.807, 2.05) is 50.2 Å². The number of hydrogen-bond donors (Lipinski definition) is 3. The summed E-state index contributed by atoms with van der Waals surface area (Å²) in [7, 11) is 0. The fourth-order valence-corrected chi connectivity index (χ4v) is 3.40. The number of anilines is 1. The molecule has 1 amide bonds. The number of rotatable bonds is 6. The molecule has 0 saturated carbocycles. The predicted molar refractivity (Wildman–Crippen MR) is 118 cm³/mol. The number of fused-ring (bicyclic) bond motifs is 1. The van der Waals surface area contributed by atoms with Crippen LogP contribution in [0.1, 0.15) is 24.2 Å². The molecule has 1 aromatic heterocycles. The van der Waals surface area contributed by atoms with Crippen LogP contribution in [0.3, 0.4) is 0 Å². The summed E-state index contributed by atoms with van der Waals surface area (Å²) in [5.74, 6) is -0.397. The van der Waals surface area contributed by atoms with E-state index in [1.165, 1.54) is 12.1 Å². The van der Waals surface area contributed by atoms with Crippen molar-refractivity contribution in [2.75, 3.05) is 11.9 Å². The van der Waals surface area contributed by atoms with Crippen molar-refractivity contribution in [3.8, 4) is 11.3 Å². The quantitative estimate of drug-likeness (QED) is 0.426. The lowest BCUT2D eigenvalue weighted by atomic mass is 10.0. The average Bonchev–Trinajstić information content (AvgIpc) is 3.18. The zero-order valence-corrected chi connectivity index (χ0v) is 16.9. The number of H-pyrrole nitrogens is 1. The van der Waals surface area contributed by atoms with Crippen LogP contribution in [-0.2, 0) is 0 Å². The molecule has 1 heterocycles. The Kier molecular flexibility index (Phi) is 5.23. The zero-order valence-electron chi connectivity index (χ0n) is 16.9. The summed E-state index contributed by atoms with van der Waals surface area (Å²) in [6, 6.07) is 21.3. The number of nitrogens with one attached hydrogen (secondary N) is 3. The minimum atomic E-state index is -0.421. The van der Waals surface area contributed by atoms with E-state index in [0.29, 0.717) is 12.1 Å². The van der Waals surface area contributed by atoms with Crippen LogP contribution in [0.2, 0.25) is 0 Å². The van der Waals surface area contributed by atoms with Gasteiger partial charge in [-0.25, -0.2) is 4.39 Å². The van der Waals surface area contributed by atoms with Crippen molar-refractivity contribution in [1.29, 1.82) is 0 Å². The van der Waals surface area contributed by atoms with E-state index in [0.717, 1.165) is 27.8 Å². The first kappa shape index (κ1) is 19.6. The van der Waals surface area contributed by atoms with Gasteiger partial charge in [0.25, 0.3) is 5.91 Å². The van der Waals surface area contributed by atoms with Crippen molar-refractivity contribution < 1.29 is 9.18 Å². The largest absolute Gasteiger partial charge is 0.378 e. The SMILES string of the molecule is CC(C)(CNC(=O)c1ccccc1)Nc1cccc2[nH]nc(-c3ccc(F)cc3)c12. The number of aromatic nitrogens is 2. The highest BCUT2D eigenvalue weighted by atomic mass is 19.1. The zero-order chi connectivity index (χ0) is 21.1. The highest BCUT2D eigenvalue weighted by molar-refractivity contribution is 6.02. The van der Waals surface area contributed by atoms with Crippen LogP contribution < -0.4 is 10.6 Å². The van der Waals surface area contributed by atoms with Gasteiger partial charge in [0.1, 0.15) is 11.5 Å². The second-order valence-electron chi connectivity index (χ2n) is 7.86. The van der Waals surface area contributed by atoms with E-state index in [4.69, 9.17) is 0 Å². The molecule has 0 unspecified atom stereocenters. The highest BCUT2D eigenvalue weighted by Crippen LogP contribution is 2.33. The van der Waals surface area contributed by atoms with Crippen LogP contribution in [0, 0.1) is 5.82 Å². The normalized spacial score (nSPS) is 11.4. The second kappa shape index (κ2) is 7.99. The molecule has 0 saturated heterocycles. The maximum atomic E-state index is 13.3. The molecule has 0 aliphatic carbocycles. The number of aromatic amines is 1. The molecule has 0 aliphatic rings. The third-order valence-electron chi connectivity index (χ3n) is 4.91. The summed E-state index contributed by atoms with van der Waals surface area (Å²) < 4.78 is 13.3. The molecule has 152 valence electrons. The van der Waals surface area contributed by atoms with E-state index in [1.54, 1.807) is 24.3 Å².